The van der Waals surface area contributed by atoms with Gasteiger partial charge in [0.05, 0.1) is 17.4 Å². The molecule has 1 unspecified atom stereocenters. The van der Waals surface area contributed by atoms with Gasteiger partial charge in [-0.05, 0) is 50.2 Å². The monoisotopic (exact) mass is 423 g/mol. The SMILES string of the molecule is COc1ccc(S(=O)(=O)N2CCN(CC3CC4(CCNCC4)C(=O)O3)CC2)cc1. The van der Waals surface area contributed by atoms with Crippen LogP contribution in [0.5, 0.6) is 5.75 Å². The zero-order chi connectivity index (χ0) is 20.5. The lowest BCUT2D eigenvalue weighted by Gasteiger charge is -2.35. The number of hydrogen-bond donors (Lipinski definition) is 1. The van der Waals surface area contributed by atoms with Crippen LogP contribution in [-0.4, -0.2) is 82.6 Å². The van der Waals surface area contributed by atoms with Crippen LogP contribution in [0.2, 0.25) is 0 Å². The van der Waals surface area contributed by atoms with Gasteiger partial charge in [0, 0.05) is 39.1 Å². The molecule has 0 radical (unpaired) electrons. The maximum atomic E-state index is 12.9. The number of carbonyl (C=O) groups is 1. The largest absolute Gasteiger partial charge is 0.497 e. The summed E-state index contributed by atoms with van der Waals surface area (Å²) in [4.78, 5) is 14.9. The Balaban J connectivity index is 1.32. The van der Waals surface area contributed by atoms with Gasteiger partial charge in [-0.3, -0.25) is 9.69 Å². The van der Waals surface area contributed by atoms with Gasteiger partial charge in [0.15, 0.2) is 0 Å². The Hall–Kier alpha value is -1.68. The Labute approximate surface area is 172 Å². The van der Waals surface area contributed by atoms with Crippen molar-refractivity contribution in [1.29, 1.82) is 0 Å². The van der Waals surface area contributed by atoms with Crippen LogP contribution in [-0.2, 0) is 19.6 Å². The molecule has 9 heteroatoms. The lowest BCUT2D eigenvalue weighted by molar-refractivity contribution is -0.150. The summed E-state index contributed by atoms with van der Waals surface area (Å²) in [6, 6.07) is 6.48. The third kappa shape index (κ3) is 4.14. The van der Waals surface area contributed by atoms with E-state index in [-0.39, 0.29) is 22.4 Å². The molecule has 160 valence electrons. The van der Waals surface area contributed by atoms with Gasteiger partial charge < -0.3 is 14.8 Å². The van der Waals surface area contributed by atoms with Crippen molar-refractivity contribution in [3.8, 4) is 5.75 Å². The summed E-state index contributed by atoms with van der Waals surface area (Å²) in [6.45, 7) is 4.55. The molecule has 0 amide bonds. The molecule has 1 aromatic carbocycles. The predicted molar refractivity (Wildman–Crippen MR) is 107 cm³/mol. The van der Waals surface area contributed by atoms with Crippen molar-refractivity contribution >= 4 is 16.0 Å². The van der Waals surface area contributed by atoms with Crippen molar-refractivity contribution in [2.75, 3.05) is 52.9 Å². The van der Waals surface area contributed by atoms with Crippen molar-refractivity contribution in [3.05, 3.63) is 24.3 Å². The number of nitrogens with one attached hydrogen (secondary N) is 1. The number of benzene rings is 1. The van der Waals surface area contributed by atoms with Crippen LogP contribution < -0.4 is 10.1 Å². The molecule has 3 heterocycles. The maximum absolute atomic E-state index is 12.9. The molecule has 3 aliphatic rings. The number of piperazine rings is 1. The fourth-order valence-corrected chi connectivity index (χ4v) is 6.01. The third-order valence-electron chi connectivity index (χ3n) is 6.38. The van der Waals surface area contributed by atoms with E-state index in [2.05, 4.69) is 10.2 Å². The molecule has 3 saturated heterocycles. The number of nitrogens with zero attached hydrogens (tertiary/aromatic N) is 2. The van der Waals surface area contributed by atoms with Gasteiger partial charge in [0.1, 0.15) is 11.9 Å². The molecular weight excluding hydrogens is 394 g/mol. The zero-order valence-corrected chi connectivity index (χ0v) is 17.6. The molecule has 4 rings (SSSR count). The van der Waals surface area contributed by atoms with Crippen molar-refractivity contribution in [1.82, 2.24) is 14.5 Å². The highest BCUT2D eigenvalue weighted by atomic mass is 32.2. The minimum Gasteiger partial charge on any atom is -0.497 e. The average molecular weight is 424 g/mol. The summed E-state index contributed by atoms with van der Waals surface area (Å²) >= 11 is 0. The number of piperidine rings is 1. The molecule has 8 nitrogen and oxygen atoms in total. The van der Waals surface area contributed by atoms with Crippen LogP contribution >= 0.6 is 0 Å². The predicted octanol–water partition coefficient (Wildman–Crippen LogP) is 0.687. The molecular formula is C20H29N3O5S. The van der Waals surface area contributed by atoms with Crippen LogP contribution in [0.4, 0.5) is 0 Å². The molecule has 1 aromatic rings. The number of hydrogen-bond acceptors (Lipinski definition) is 7. The topological polar surface area (TPSA) is 88.2 Å². The van der Waals surface area contributed by atoms with Gasteiger partial charge in [-0.25, -0.2) is 8.42 Å². The number of esters is 1. The lowest BCUT2D eigenvalue weighted by Crippen LogP contribution is -2.50. The van der Waals surface area contributed by atoms with E-state index in [1.165, 1.54) is 4.31 Å². The van der Waals surface area contributed by atoms with E-state index in [1.807, 2.05) is 0 Å². The van der Waals surface area contributed by atoms with Crippen molar-refractivity contribution < 1.29 is 22.7 Å². The fraction of sp³-hybridized carbons (Fsp3) is 0.650. The number of methoxy groups -OCH3 is 1. The van der Waals surface area contributed by atoms with E-state index in [1.54, 1.807) is 31.4 Å². The Kier molecular flexibility index (Phi) is 5.83. The van der Waals surface area contributed by atoms with E-state index in [0.717, 1.165) is 32.4 Å². The van der Waals surface area contributed by atoms with Crippen LogP contribution in [0.3, 0.4) is 0 Å². The summed E-state index contributed by atoms with van der Waals surface area (Å²) in [5.74, 6) is 0.580. The Morgan fingerprint density at radius 1 is 1.14 bits per heavy atom. The van der Waals surface area contributed by atoms with Gasteiger partial charge >= 0.3 is 5.97 Å². The Bertz CT molecular complexity index is 828. The van der Waals surface area contributed by atoms with Crippen LogP contribution in [0.1, 0.15) is 19.3 Å². The van der Waals surface area contributed by atoms with E-state index < -0.39 is 10.0 Å². The molecule has 1 N–H and O–H groups in total. The zero-order valence-electron chi connectivity index (χ0n) is 16.8. The van der Waals surface area contributed by atoms with Crippen LogP contribution in [0.25, 0.3) is 0 Å². The van der Waals surface area contributed by atoms with Gasteiger partial charge in [0.2, 0.25) is 10.0 Å². The number of carbonyl (C=O) groups excluding carboxylic acids is 1. The molecule has 1 atom stereocenters. The second-order valence-electron chi connectivity index (χ2n) is 8.14. The van der Waals surface area contributed by atoms with Crippen molar-refractivity contribution in [3.63, 3.8) is 0 Å². The van der Waals surface area contributed by atoms with Crippen molar-refractivity contribution in [2.45, 2.75) is 30.3 Å². The maximum Gasteiger partial charge on any atom is 0.312 e. The minimum absolute atomic E-state index is 0.0512. The highest BCUT2D eigenvalue weighted by Gasteiger charge is 2.49. The first-order valence-electron chi connectivity index (χ1n) is 10.2. The summed E-state index contributed by atoms with van der Waals surface area (Å²) in [7, 11) is -1.96. The molecule has 0 aliphatic carbocycles. The third-order valence-corrected chi connectivity index (χ3v) is 8.29. The standard InChI is InChI=1S/C20H29N3O5S/c1-27-16-2-4-18(5-3-16)29(25,26)23-12-10-22(11-13-23)15-17-14-20(19(24)28-17)6-8-21-9-7-20/h2-5,17,21H,6-15H2,1H3. The first-order valence-corrected chi connectivity index (χ1v) is 11.7. The molecule has 0 saturated carbocycles. The smallest absolute Gasteiger partial charge is 0.312 e. The average Bonchev–Trinajstić information content (AvgIpc) is 3.03. The first kappa shape index (κ1) is 20.6. The van der Waals surface area contributed by atoms with Crippen LogP contribution in [0.15, 0.2) is 29.2 Å². The normalized spacial score (nSPS) is 25.8. The summed E-state index contributed by atoms with van der Waals surface area (Å²) in [6.07, 6.45) is 2.37. The molecule has 29 heavy (non-hydrogen) atoms. The molecule has 0 bridgehead atoms. The van der Waals surface area contributed by atoms with Crippen molar-refractivity contribution in [2.24, 2.45) is 5.41 Å². The van der Waals surface area contributed by atoms with E-state index in [4.69, 9.17) is 9.47 Å². The number of sulfonamides is 1. The first-order chi connectivity index (χ1) is 13.9. The summed E-state index contributed by atoms with van der Waals surface area (Å²) < 4.78 is 38.1. The van der Waals surface area contributed by atoms with Crippen LogP contribution in [0, 0.1) is 5.41 Å². The second-order valence-corrected chi connectivity index (χ2v) is 10.1. The molecule has 3 aliphatic heterocycles. The van der Waals surface area contributed by atoms with E-state index >= 15 is 0 Å². The Morgan fingerprint density at radius 3 is 2.41 bits per heavy atom. The van der Waals surface area contributed by atoms with Gasteiger partial charge in [-0.2, -0.15) is 4.31 Å². The van der Waals surface area contributed by atoms with E-state index in [0.29, 0.717) is 38.5 Å². The molecule has 1 spiro atoms. The highest BCUT2D eigenvalue weighted by molar-refractivity contribution is 7.89. The highest BCUT2D eigenvalue weighted by Crippen LogP contribution is 2.41. The fourth-order valence-electron chi connectivity index (χ4n) is 4.59. The molecule has 0 aromatic heterocycles. The van der Waals surface area contributed by atoms with Gasteiger partial charge in [-0.1, -0.05) is 0 Å². The minimum atomic E-state index is -3.51. The summed E-state index contributed by atoms with van der Waals surface area (Å²) in [5, 5.41) is 3.30. The molecule has 3 fully saturated rings. The number of rotatable bonds is 5. The quantitative estimate of drug-likeness (QED) is 0.697. The lowest BCUT2D eigenvalue weighted by atomic mass is 9.76. The number of cyclic esters (lactones) is 1. The van der Waals surface area contributed by atoms with Gasteiger partial charge in [-0.15, -0.1) is 0 Å². The van der Waals surface area contributed by atoms with E-state index in [9.17, 15) is 13.2 Å². The van der Waals surface area contributed by atoms with Gasteiger partial charge in [0.25, 0.3) is 0 Å². The summed E-state index contributed by atoms with van der Waals surface area (Å²) in [5.41, 5.74) is -0.310. The Morgan fingerprint density at radius 2 is 1.79 bits per heavy atom. The number of ether oxygens (including phenoxy) is 2. The second kappa shape index (κ2) is 8.22.